The fourth-order valence-corrected chi connectivity index (χ4v) is 2.79. The molecule has 1 atom stereocenters. The first-order valence-corrected chi connectivity index (χ1v) is 8.24. The summed E-state index contributed by atoms with van der Waals surface area (Å²) in [6.45, 7) is 4.96. The highest BCUT2D eigenvalue weighted by atomic mass is 16.5. The number of hydrogen-bond donors (Lipinski definition) is 2. The van der Waals surface area contributed by atoms with Crippen molar-refractivity contribution in [3.05, 3.63) is 35.9 Å². The molecule has 2 aromatic heterocycles. The van der Waals surface area contributed by atoms with Gasteiger partial charge in [0.15, 0.2) is 5.69 Å². The van der Waals surface area contributed by atoms with E-state index in [2.05, 4.69) is 15.6 Å². The van der Waals surface area contributed by atoms with Crippen LogP contribution in [0, 0.1) is 0 Å². The fourth-order valence-electron chi connectivity index (χ4n) is 2.79. The van der Waals surface area contributed by atoms with E-state index in [-0.39, 0.29) is 35.5 Å². The van der Waals surface area contributed by atoms with Gasteiger partial charge in [0.1, 0.15) is 0 Å². The highest BCUT2D eigenvalue weighted by Gasteiger charge is 2.23. The number of pyridine rings is 1. The normalized spacial score (nSPS) is 17.4. The number of nitrogens with one attached hydrogen (secondary N) is 2. The topological polar surface area (TPSA) is 84.7 Å². The molecule has 3 rings (SSSR count). The number of ether oxygens (including phenoxy) is 1. The molecule has 3 heterocycles. The SMILES string of the molecule is CC(C)NC(=O)c1nc(C(=O)NCC2CCCO2)n2ccccc12. The number of fused-ring (bicyclic) bond motifs is 1. The van der Waals surface area contributed by atoms with Crippen LogP contribution in [0.15, 0.2) is 24.4 Å². The molecule has 2 N–H and O–H groups in total. The number of carbonyl (C=O) groups excluding carboxylic acids is 2. The molecule has 0 spiro atoms. The zero-order valence-electron chi connectivity index (χ0n) is 13.9. The summed E-state index contributed by atoms with van der Waals surface area (Å²) in [5, 5.41) is 5.66. The Kier molecular flexibility index (Phi) is 4.80. The minimum Gasteiger partial charge on any atom is -0.376 e. The molecule has 0 radical (unpaired) electrons. The first-order valence-electron chi connectivity index (χ1n) is 8.24. The van der Waals surface area contributed by atoms with Crippen molar-refractivity contribution in [3.8, 4) is 0 Å². The predicted octanol–water partition coefficient (Wildman–Crippen LogP) is 1.38. The second kappa shape index (κ2) is 7.00. The molecule has 24 heavy (non-hydrogen) atoms. The van der Waals surface area contributed by atoms with Gasteiger partial charge in [0.05, 0.1) is 11.6 Å². The third-order valence-corrected chi connectivity index (χ3v) is 3.90. The second-order valence-electron chi connectivity index (χ2n) is 6.21. The number of rotatable bonds is 5. The Hall–Kier alpha value is -2.41. The van der Waals surface area contributed by atoms with Gasteiger partial charge < -0.3 is 15.4 Å². The Morgan fingerprint density at radius 2 is 2.21 bits per heavy atom. The summed E-state index contributed by atoms with van der Waals surface area (Å²) >= 11 is 0. The quantitative estimate of drug-likeness (QED) is 0.867. The molecule has 2 aromatic rings. The maximum absolute atomic E-state index is 12.5. The van der Waals surface area contributed by atoms with E-state index in [0.717, 1.165) is 19.4 Å². The number of nitrogens with zero attached hydrogens (tertiary/aromatic N) is 2. The molecule has 0 aromatic carbocycles. The maximum atomic E-state index is 12.5. The first-order chi connectivity index (χ1) is 11.6. The van der Waals surface area contributed by atoms with Crippen molar-refractivity contribution in [1.82, 2.24) is 20.0 Å². The van der Waals surface area contributed by atoms with E-state index in [1.807, 2.05) is 19.9 Å². The number of imidazole rings is 1. The fraction of sp³-hybridized carbons (Fsp3) is 0.471. The average Bonchev–Trinajstić information content (AvgIpc) is 3.19. The van der Waals surface area contributed by atoms with Crippen LogP contribution in [0.1, 0.15) is 47.8 Å². The van der Waals surface area contributed by atoms with Crippen molar-refractivity contribution in [1.29, 1.82) is 0 Å². The van der Waals surface area contributed by atoms with Crippen LogP contribution in [0.5, 0.6) is 0 Å². The highest BCUT2D eigenvalue weighted by Crippen LogP contribution is 2.14. The lowest BCUT2D eigenvalue weighted by Crippen LogP contribution is -2.33. The van der Waals surface area contributed by atoms with Crippen molar-refractivity contribution in [3.63, 3.8) is 0 Å². The predicted molar refractivity (Wildman–Crippen MR) is 89.1 cm³/mol. The van der Waals surface area contributed by atoms with Crippen LogP contribution in [0.2, 0.25) is 0 Å². The summed E-state index contributed by atoms with van der Waals surface area (Å²) in [6, 6.07) is 5.39. The van der Waals surface area contributed by atoms with E-state index in [0.29, 0.717) is 12.1 Å². The molecule has 1 fully saturated rings. The monoisotopic (exact) mass is 330 g/mol. The number of aromatic nitrogens is 2. The van der Waals surface area contributed by atoms with Crippen LogP contribution in [-0.4, -0.2) is 46.5 Å². The zero-order chi connectivity index (χ0) is 17.1. The Morgan fingerprint density at radius 1 is 1.38 bits per heavy atom. The van der Waals surface area contributed by atoms with E-state index in [9.17, 15) is 9.59 Å². The summed E-state index contributed by atoms with van der Waals surface area (Å²) in [6.07, 6.45) is 3.76. The summed E-state index contributed by atoms with van der Waals surface area (Å²) in [7, 11) is 0. The van der Waals surface area contributed by atoms with Crippen molar-refractivity contribution in [2.75, 3.05) is 13.2 Å². The lowest BCUT2D eigenvalue weighted by Gasteiger charge is -2.10. The Labute approximate surface area is 140 Å². The Morgan fingerprint density at radius 3 is 2.92 bits per heavy atom. The van der Waals surface area contributed by atoms with Gasteiger partial charge in [-0.05, 0) is 38.8 Å². The van der Waals surface area contributed by atoms with E-state index in [1.165, 1.54) is 0 Å². The highest BCUT2D eigenvalue weighted by molar-refractivity contribution is 6.02. The molecule has 128 valence electrons. The molecular weight excluding hydrogens is 308 g/mol. The van der Waals surface area contributed by atoms with Gasteiger partial charge in [-0.15, -0.1) is 0 Å². The van der Waals surface area contributed by atoms with E-state index >= 15 is 0 Å². The van der Waals surface area contributed by atoms with Crippen LogP contribution in [0.3, 0.4) is 0 Å². The van der Waals surface area contributed by atoms with Crippen LogP contribution >= 0.6 is 0 Å². The van der Waals surface area contributed by atoms with Gasteiger partial charge in [0.2, 0.25) is 5.82 Å². The molecule has 2 amide bonds. The molecule has 7 nitrogen and oxygen atoms in total. The molecule has 0 bridgehead atoms. The third-order valence-electron chi connectivity index (χ3n) is 3.90. The Balaban J connectivity index is 1.84. The Bertz CT molecular complexity index is 747. The van der Waals surface area contributed by atoms with Crippen LogP contribution in [0.4, 0.5) is 0 Å². The van der Waals surface area contributed by atoms with Crippen molar-refractivity contribution in [2.45, 2.75) is 38.8 Å². The summed E-state index contributed by atoms with van der Waals surface area (Å²) in [5.74, 6) is -0.389. The molecular formula is C17H22N4O3. The van der Waals surface area contributed by atoms with Crippen LogP contribution in [0.25, 0.3) is 5.52 Å². The van der Waals surface area contributed by atoms with Gasteiger partial charge in [-0.3, -0.25) is 14.0 Å². The van der Waals surface area contributed by atoms with E-state index < -0.39 is 0 Å². The van der Waals surface area contributed by atoms with Gasteiger partial charge in [-0.25, -0.2) is 4.98 Å². The average molecular weight is 330 g/mol. The second-order valence-corrected chi connectivity index (χ2v) is 6.21. The van der Waals surface area contributed by atoms with Gasteiger partial charge in [-0.2, -0.15) is 0 Å². The van der Waals surface area contributed by atoms with Gasteiger partial charge in [0, 0.05) is 25.4 Å². The maximum Gasteiger partial charge on any atom is 0.287 e. The number of carbonyl (C=O) groups is 2. The third kappa shape index (κ3) is 3.41. The summed E-state index contributed by atoms with van der Waals surface area (Å²) in [5.41, 5.74) is 0.865. The van der Waals surface area contributed by atoms with Crippen molar-refractivity contribution in [2.24, 2.45) is 0 Å². The van der Waals surface area contributed by atoms with Crippen molar-refractivity contribution < 1.29 is 14.3 Å². The van der Waals surface area contributed by atoms with Crippen molar-refractivity contribution >= 4 is 17.3 Å². The lowest BCUT2D eigenvalue weighted by atomic mass is 10.2. The van der Waals surface area contributed by atoms with Gasteiger partial charge in [0.25, 0.3) is 11.8 Å². The molecule has 0 aliphatic carbocycles. The van der Waals surface area contributed by atoms with Crippen LogP contribution in [-0.2, 0) is 4.74 Å². The summed E-state index contributed by atoms with van der Waals surface area (Å²) < 4.78 is 7.15. The minimum atomic E-state index is -0.310. The zero-order valence-corrected chi connectivity index (χ0v) is 13.9. The van der Waals surface area contributed by atoms with Gasteiger partial charge >= 0.3 is 0 Å². The molecule has 0 saturated carbocycles. The molecule has 1 saturated heterocycles. The lowest BCUT2D eigenvalue weighted by molar-refractivity contribution is 0.0848. The largest absolute Gasteiger partial charge is 0.376 e. The van der Waals surface area contributed by atoms with Gasteiger partial charge in [-0.1, -0.05) is 6.07 Å². The smallest absolute Gasteiger partial charge is 0.287 e. The minimum absolute atomic E-state index is 0.00486. The van der Waals surface area contributed by atoms with E-state index in [4.69, 9.17) is 4.74 Å². The van der Waals surface area contributed by atoms with E-state index in [1.54, 1.807) is 22.7 Å². The molecule has 7 heteroatoms. The first kappa shape index (κ1) is 16.4. The number of hydrogen-bond acceptors (Lipinski definition) is 4. The molecule has 1 aliphatic heterocycles. The summed E-state index contributed by atoms with van der Waals surface area (Å²) in [4.78, 5) is 29.1. The standard InChI is InChI=1S/C17H22N4O3/c1-11(2)19-16(22)14-13-7-3-4-8-21(13)15(20-14)17(23)18-10-12-6-5-9-24-12/h3-4,7-8,11-12H,5-6,9-10H2,1-2H3,(H,18,23)(H,19,22). The molecule has 1 aliphatic rings. The molecule has 1 unspecified atom stereocenters. The number of amides is 2. The van der Waals surface area contributed by atoms with Crippen LogP contribution < -0.4 is 10.6 Å².